The average Bonchev–Trinajstić information content (AvgIpc) is 2.37. The van der Waals surface area contributed by atoms with Gasteiger partial charge in [-0.25, -0.2) is 11.4 Å². The molecule has 0 amide bonds. The Hall–Kier alpha value is -2.33. The van der Waals surface area contributed by atoms with Gasteiger partial charge in [0.1, 0.15) is 0 Å². The van der Waals surface area contributed by atoms with E-state index in [1.54, 1.807) is 24.3 Å². The minimum Gasteiger partial charge on any atom is -0.463 e. The molecule has 0 spiro atoms. The summed E-state index contributed by atoms with van der Waals surface area (Å²) in [4.78, 5) is 14.9. The van der Waals surface area contributed by atoms with E-state index in [9.17, 15) is 4.79 Å². The number of carbonyl (C=O) groups is 1. The average molecular weight is 228 g/mol. The van der Waals surface area contributed by atoms with Crippen LogP contribution in [0, 0.1) is 17.9 Å². The third-order valence-electron chi connectivity index (χ3n) is 2.48. The standard InChI is InChI=1S/C13H12N2O2/c1-13(15-2,12(16)17-3)8-10-5-4-6-11(7-10)9-14/h4-7H,8H2,1,3H3. The fourth-order valence-corrected chi connectivity index (χ4v) is 1.53. The Bertz CT molecular complexity index is 511. The molecule has 0 N–H and O–H groups in total. The molecule has 0 fully saturated rings. The van der Waals surface area contributed by atoms with Crippen LogP contribution >= 0.6 is 0 Å². The lowest BCUT2D eigenvalue weighted by molar-refractivity contribution is -0.144. The maximum absolute atomic E-state index is 11.5. The van der Waals surface area contributed by atoms with Crippen LogP contribution in [0.25, 0.3) is 4.85 Å². The van der Waals surface area contributed by atoms with Crippen molar-refractivity contribution >= 4 is 5.97 Å². The highest BCUT2D eigenvalue weighted by Crippen LogP contribution is 2.20. The number of hydrogen-bond donors (Lipinski definition) is 0. The van der Waals surface area contributed by atoms with E-state index in [0.29, 0.717) is 5.56 Å². The van der Waals surface area contributed by atoms with Crippen LogP contribution in [0.4, 0.5) is 0 Å². The molecule has 0 saturated carbocycles. The number of benzene rings is 1. The van der Waals surface area contributed by atoms with Crippen LogP contribution in [-0.2, 0) is 16.0 Å². The second-order valence-electron chi connectivity index (χ2n) is 3.87. The van der Waals surface area contributed by atoms with E-state index in [-0.39, 0.29) is 6.42 Å². The molecule has 0 aliphatic carbocycles. The third kappa shape index (κ3) is 2.83. The first-order valence-corrected chi connectivity index (χ1v) is 5.02. The van der Waals surface area contributed by atoms with Crippen LogP contribution in [0.15, 0.2) is 24.3 Å². The number of rotatable bonds is 3. The molecule has 0 aliphatic rings. The zero-order valence-electron chi connectivity index (χ0n) is 9.73. The SMILES string of the molecule is [C-]#[N+]C(C)(Cc1cccc(C#N)c1)C(=O)OC. The molecule has 0 aliphatic heterocycles. The van der Waals surface area contributed by atoms with Crippen molar-refractivity contribution in [2.24, 2.45) is 0 Å². The van der Waals surface area contributed by atoms with Crippen molar-refractivity contribution in [3.63, 3.8) is 0 Å². The van der Waals surface area contributed by atoms with Crippen LogP contribution in [0.2, 0.25) is 0 Å². The van der Waals surface area contributed by atoms with Gasteiger partial charge >= 0.3 is 11.5 Å². The van der Waals surface area contributed by atoms with E-state index in [4.69, 9.17) is 11.8 Å². The summed E-state index contributed by atoms with van der Waals surface area (Å²) in [6.07, 6.45) is 0.235. The fraction of sp³-hybridized carbons (Fsp3) is 0.308. The number of methoxy groups -OCH3 is 1. The highest BCUT2D eigenvalue weighted by Gasteiger charge is 2.41. The predicted octanol–water partition coefficient (Wildman–Crippen LogP) is 1.95. The van der Waals surface area contributed by atoms with Crippen molar-refractivity contribution in [2.75, 3.05) is 7.11 Å². The summed E-state index contributed by atoms with van der Waals surface area (Å²) in [7, 11) is 1.26. The number of nitriles is 1. The van der Waals surface area contributed by atoms with E-state index in [0.717, 1.165) is 5.56 Å². The Morgan fingerprint density at radius 2 is 2.35 bits per heavy atom. The summed E-state index contributed by atoms with van der Waals surface area (Å²) in [6.45, 7) is 8.63. The van der Waals surface area contributed by atoms with Gasteiger partial charge in [-0.1, -0.05) is 12.1 Å². The summed E-state index contributed by atoms with van der Waals surface area (Å²) in [6, 6.07) is 8.89. The summed E-state index contributed by atoms with van der Waals surface area (Å²) in [5, 5.41) is 8.77. The maximum Gasteiger partial charge on any atom is 0.393 e. The van der Waals surface area contributed by atoms with Gasteiger partial charge in [0.15, 0.2) is 0 Å². The van der Waals surface area contributed by atoms with Crippen molar-refractivity contribution in [1.29, 1.82) is 5.26 Å². The molecular formula is C13H12N2O2. The molecular weight excluding hydrogens is 216 g/mol. The molecule has 0 bridgehead atoms. The quantitative estimate of drug-likeness (QED) is 0.587. The molecule has 1 rings (SSSR count). The lowest BCUT2D eigenvalue weighted by Gasteiger charge is -2.14. The molecule has 4 nitrogen and oxygen atoms in total. The van der Waals surface area contributed by atoms with Crippen molar-refractivity contribution < 1.29 is 9.53 Å². The largest absolute Gasteiger partial charge is 0.463 e. The summed E-state index contributed by atoms with van der Waals surface area (Å²) < 4.78 is 4.62. The molecule has 17 heavy (non-hydrogen) atoms. The van der Waals surface area contributed by atoms with Crippen molar-refractivity contribution in [3.8, 4) is 6.07 Å². The van der Waals surface area contributed by atoms with Gasteiger partial charge in [0.25, 0.3) is 0 Å². The minimum atomic E-state index is -1.23. The van der Waals surface area contributed by atoms with Crippen molar-refractivity contribution in [3.05, 3.63) is 46.8 Å². The lowest BCUT2D eigenvalue weighted by Crippen LogP contribution is -2.35. The van der Waals surface area contributed by atoms with E-state index in [1.807, 2.05) is 6.07 Å². The van der Waals surface area contributed by atoms with Crippen LogP contribution in [0.5, 0.6) is 0 Å². The molecule has 4 heteroatoms. The van der Waals surface area contributed by atoms with Crippen LogP contribution in [0.1, 0.15) is 18.1 Å². The van der Waals surface area contributed by atoms with Crippen LogP contribution in [0.3, 0.4) is 0 Å². The first kappa shape index (κ1) is 12.7. The molecule has 0 heterocycles. The normalized spacial score (nSPS) is 12.9. The summed E-state index contributed by atoms with van der Waals surface area (Å²) in [5.41, 5.74) is 0.0516. The number of nitrogens with zero attached hydrogens (tertiary/aromatic N) is 2. The van der Waals surface area contributed by atoms with Gasteiger partial charge in [-0.05, 0) is 17.7 Å². The first-order chi connectivity index (χ1) is 8.05. The molecule has 0 aromatic heterocycles. The number of hydrogen-bond acceptors (Lipinski definition) is 3. The zero-order chi connectivity index (χ0) is 12.9. The second-order valence-corrected chi connectivity index (χ2v) is 3.87. The molecule has 0 radical (unpaired) electrons. The van der Waals surface area contributed by atoms with E-state index in [1.165, 1.54) is 14.0 Å². The molecule has 1 atom stereocenters. The molecule has 0 saturated heterocycles. The Kier molecular flexibility index (Phi) is 3.85. The summed E-state index contributed by atoms with van der Waals surface area (Å²) in [5.74, 6) is -0.560. The van der Waals surface area contributed by atoms with Gasteiger partial charge < -0.3 is 4.74 Å². The maximum atomic E-state index is 11.5. The Balaban J connectivity index is 3.00. The second kappa shape index (κ2) is 5.14. The van der Waals surface area contributed by atoms with Crippen molar-refractivity contribution in [1.82, 2.24) is 0 Å². The van der Waals surface area contributed by atoms with Gasteiger partial charge in [-0.2, -0.15) is 5.26 Å². The van der Waals surface area contributed by atoms with Crippen LogP contribution in [-0.4, -0.2) is 18.6 Å². The Morgan fingerprint density at radius 1 is 1.65 bits per heavy atom. The fourth-order valence-electron chi connectivity index (χ4n) is 1.53. The van der Waals surface area contributed by atoms with Gasteiger partial charge in [0.2, 0.25) is 0 Å². The Labute approximate surface area is 100 Å². The van der Waals surface area contributed by atoms with E-state index < -0.39 is 11.5 Å². The molecule has 1 aromatic carbocycles. The lowest BCUT2D eigenvalue weighted by atomic mass is 9.93. The number of esters is 1. The Morgan fingerprint density at radius 3 is 2.88 bits per heavy atom. The highest BCUT2D eigenvalue weighted by molar-refractivity contribution is 5.82. The van der Waals surface area contributed by atoms with E-state index >= 15 is 0 Å². The number of carbonyl (C=O) groups excluding carboxylic acids is 1. The predicted molar refractivity (Wildman–Crippen MR) is 61.9 cm³/mol. The first-order valence-electron chi connectivity index (χ1n) is 5.02. The molecule has 86 valence electrons. The topological polar surface area (TPSA) is 54.5 Å². The smallest absolute Gasteiger partial charge is 0.393 e. The highest BCUT2D eigenvalue weighted by atomic mass is 16.5. The van der Waals surface area contributed by atoms with Gasteiger partial charge in [-0.3, -0.25) is 4.85 Å². The van der Waals surface area contributed by atoms with Crippen LogP contribution < -0.4 is 0 Å². The number of ether oxygens (including phenoxy) is 1. The van der Waals surface area contributed by atoms with Gasteiger partial charge in [0, 0.05) is 6.92 Å². The van der Waals surface area contributed by atoms with Gasteiger partial charge in [-0.15, -0.1) is 0 Å². The third-order valence-corrected chi connectivity index (χ3v) is 2.48. The zero-order valence-corrected chi connectivity index (χ0v) is 9.73. The minimum absolute atomic E-state index is 0.235. The molecule has 1 unspecified atom stereocenters. The summed E-state index contributed by atoms with van der Waals surface area (Å²) >= 11 is 0. The van der Waals surface area contributed by atoms with Crippen molar-refractivity contribution in [2.45, 2.75) is 18.9 Å². The molecule has 1 aromatic rings. The van der Waals surface area contributed by atoms with Gasteiger partial charge in [0.05, 0.1) is 25.2 Å². The van der Waals surface area contributed by atoms with E-state index in [2.05, 4.69) is 9.58 Å². The monoisotopic (exact) mass is 228 g/mol.